The van der Waals surface area contributed by atoms with Crippen molar-refractivity contribution < 1.29 is 9.90 Å². The Kier molecular flexibility index (Phi) is 3.08. The minimum Gasteiger partial charge on any atom is -0.391 e. The molecule has 1 unspecified atom stereocenters. The van der Waals surface area contributed by atoms with Crippen LogP contribution in [0.4, 0.5) is 0 Å². The maximum Gasteiger partial charge on any atom is 0.268 e. The number of aliphatic hydroxyl groups excluding tert-OH is 1. The lowest BCUT2D eigenvalue weighted by Gasteiger charge is -2.12. The molecule has 0 saturated heterocycles. The van der Waals surface area contributed by atoms with Crippen LogP contribution in [0.15, 0.2) is 12.3 Å². The Morgan fingerprint density at radius 3 is 2.83 bits per heavy atom. The highest BCUT2D eigenvalue weighted by atomic mass is 35.5. The van der Waals surface area contributed by atoms with Gasteiger partial charge in [0.15, 0.2) is 0 Å². The summed E-state index contributed by atoms with van der Waals surface area (Å²) in [7, 11) is 0. The molecule has 1 amide bonds. The van der Waals surface area contributed by atoms with Gasteiger partial charge in [0.05, 0.1) is 11.1 Å². The average molecular weight is 269 g/mol. The molecule has 1 aromatic rings. The molecule has 0 radical (unpaired) electrons. The van der Waals surface area contributed by atoms with Crippen molar-refractivity contribution in [3.05, 3.63) is 23.0 Å². The van der Waals surface area contributed by atoms with Crippen molar-refractivity contribution in [3.63, 3.8) is 0 Å². The fourth-order valence-corrected chi connectivity index (χ4v) is 2.43. The summed E-state index contributed by atoms with van der Waals surface area (Å²) in [5, 5.41) is 13.1. The summed E-state index contributed by atoms with van der Waals surface area (Å²) in [6.45, 7) is 0.330. The number of hydrogen-bond acceptors (Lipinski definition) is 2. The van der Waals surface area contributed by atoms with Gasteiger partial charge in [-0.15, -0.1) is 0 Å². The van der Waals surface area contributed by atoms with Gasteiger partial charge in [-0.1, -0.05) is 11.6 Å². The molecule has 0 spiro atoms. The molecule has 5 heteroatoms. The second-order valence-corrected chi connectivity index (χ2v) is 5.73. The summed E-state index contributed by atoms with van der Waals surface area (Å²) in [5.41, 5.74) is 0.602. The molecule has 98 valence electrons. The van der Waals surface area contributed by atoms with Crippen LogP contribution >= 0.6 is 11.6 Å². The van der Waals surface area contributed by atoms with E-state index in [1.54, 1.807) is 6.07 Å². The zero-order valence-electron chi connectivity index (χ0n) is 10.1. The fraction of sp³-hybridized carbons (Fsp3) is 0.615. The molecule has 2 aliphatic carbocycles. The lowest BCUT2D eigenvalue weighted by Crippen LogP contribution is -2.34. The second-order valence-electron chi connectivity index (χ2n) is 5.30. The first kappa shape index (κ1) is 12.1. The van der Waals surface area contributed by atoms with Gasteiger partial charge in [0.1, 0.15) is 5.69 Å². The van der Waals surface area contributed by atoms with Crippen LogP contribution < -0.4 is 5.32 Å². The zero-order chi connectivity index (χ0) is 12.7. The van der Waals surface area contributed by atoms with Gasteiger partial charge in [0, 0.05) is 18.8 Å². The monoisotopic (exact) mass is 268 g/mol. The van der Waals surface area contributed by atoms with Gasteiger partial charge in [-0.05, 0) is 37.7 Å². The van der Waals surface area contributed by atoms with E-state index in [1.165, 1.54) is 0 Å². The molecule has 4 nitrogen and oxygen atoms in total. The van der Waals surface area contributed by atoms with Crippen LogP contribution in [-0.4, -0.2) is 28.2 Å². The number of aromatic nitrogens is 1. The number of carbonyl (C=O) groups is 1. The summed E-state index contributed by atoms with van der Waals surface area (Å²) in [6.07, 6.45) is 5.76. The Labute approximate surface area is 111 Å². The van der Waals surface area contributed by atoms with Crippen LogP contribution in [0.2, 0.25) is 5.02 Å². The maximum atomic E-state index is 12.1. The first-order valence-corrected chi connectivity index (χ1v) is 6.86. The summed E-state index contributed by atoms with van der Waals surface area (Å²) in [4.78, 5) is 12.1. The summed E-state index contributed by atoms with van der Waals surface area (Å²) in [5.74, 6) is 0.234. The number of halogens is 1. The molecule has 1 aromatic heterocycles. The largest absolute Gasteiger partial charge is 0.391 e. The van der Waals surface area contributed by atoms with E-state index in [9.17, 15) is 9.90 Å². The van der Waals surface area contributed by atoms with E-state index in [0.29, 0.717) is 29.2 Å². The quantitative estimate of drug-likeness (QED) is 0.858. The predicted molar refractivity (Wildman–Crippen MR) is 68.8 cm³/mol. The normalized spacial score (nSPS) is 20.8. The number of nitrogens with one attached hydrogen (secondary N) is 1. The molecule has 2 fully saturated rings. The van der Waals surface area contributed by atoms with Crippen molar-refractivity contribution in [2.24, 2.45) is 5.92 Å². The van der Waals surface area contributed by atoms with E-state index in [0.717, 1.165) is 25.7 Å². The number of carbonyl (C=O) groups excluding carboxylic acids is 1. The molecule has 2 aliphatic rings. The van der Waals surface area contributed by atoms with Crippen molar-refractivity contribution >= 4 is 17.5 Å². The molecule has 3 rings (SSSR count). The number of rotatable bonds is 5. The van der Waals surface area contributed by atoms with E-state index in [1.807, 2.05) is 10.8 Å². The van der Waals surface area contributed by atoms with E-state index in [2.05, 4.69) is 5.32 Å². The van der Waals surface area contributed by atoms with Crippen LogP contribution in [0.3, 0.4) is 0 Å². The van der Waals surface area contributed by atoms with Gasteiger partial charge < -0.3 is 15.0 Å². The molecule has 18 heavy (non-hydrogen) atoms. The predicted octanol–water partition coefficient (Wildman–Crippen LogP) is 1.98. The maximum absolute atomic E-state index is 12.1. The average Bonchev–Trinajstić information content (AvgIpc) is 3.23. The van der Waals surface area contributed by atoms with Crippen LogP contribution in [0.5, 0.6) is 0 Å². The van der Waals surface area contributed by atoms with Gasteiger partial charge in [0.25, 0.3) is 5.91 Å². The van der Waals surface area contributed by atoms with E-state index in [4.69, 9.17) is 11.6 Å². The summed E-state index contributed by atoms with van der Waals surface area (Å²) >= 11 is 5.95. The Morgan fingerprint density at radius 2 is 2.22 bits per heavy atom. The number of aliphatic hydroxyl groups is 1. The fourth-order valence-electron chi connectivity index (χ4n) is 2.22. The topological polar surface area (TPSA) is 54.3 Å². The van der Waals surface area contributed by atoms with Gasteiger partial charge in [-0.3, -0.25) is 4.79 Å². The van der Waals surface area contributed by atoms with Crippen molar-refractivity contribution in [2.45, 2.75) is 37.8 Å². The molecular formula is C13H17ClN2O2. The molecule has 1 heterocycles. The molecule has 1 atom stereocenters. The molecule has 0 aromatic carbocycles. The van der Waals surface area contributed by atoms with E-state index >= 15 is 0 Å². The van der Waals surface area contributed by atoms with Gasteiger partial charge >= 0.3 is 0 Å². The minimum atomic E-state index is -0.409. The number of hydrogen-bond donors (Lipinski definition) is 2. The second kappa shape index (κ2) is 4.59. The van der Waals surface area contributed by atoms with Crippen LogP contribution in [0, 0.1) is 5.92 Å². The third-order valence-corrected chi connectivity index (χ3v) is 3.83. The molecule has 0 aliphatic heterocycles. The van der Waals surface area contributed by atoms with Gasteiger partial charge in [0.2, 0.25) is 0 Å². The molecular weight excluding hydrogens is 252 g/mol. The molecule has 2 N–H and O–H groups in total. The minimum absolute atomic E-state index is 0.145. The SMILES string of the molecule is O=C(NCC(O)C1CC1)c1cc(Cl)cn1C1CC1. The highest BCUT2D eigenvalue weighted by Crippen LogP contribution is 2.37. The van der Waals surface area contributed by atoms with Crippen LogP contribution in [0.25, 0.3) is 0 Å². The highest BCUT2D eigenvalue weighted by Gasteiger charge is 2.31. The lowest BCUT2D eigenvalue weighted by molar-refractivity contribution is 0.0892. The summed E-state index contributed by atoms with van der Waals surface area (Å²) in [6, 6.07) is 2.12. The molecule has 2 saturated carbocycles. The zero-order valence-corrected chi connectivity index (χ0v) is 10.9. The van der Waals surface area contributed by atoms with E-state index in [-0.39, 0.29) is 5.91 Å². The third kappa shape index (κ3) is 2.54. The van der Waals surface area contributed by atoms with Gasteiger partial charge in [-0.25, -0.2) is 0 Å². The lowest BCUT2D eigenvalue weighted by atomic mass is 10.2. The van der Waals surface area contributed by atoms with Crippen LogP contribution in [-0.2, 0) is 0 Å². The number of nitrogens with zero attached hydrogens (tertiary/aromatic N) is 1. The Bertz CT molecular complexity index is 464. The highest BCUT2D eigenvalue weighted by molar-refractivity contribution is 6.31. The summed E-state index contributed by atoms with van der Waals surface area (Å²) < 4.78 is 1.95. The van der Waals surface area contributed by atoms with Gasteiger partial charge in [-0.2, -0.15) is 0 Å². The first-order valence-electron chi connectivity index (χ1n) is 6.49. The van der Waals surface area contributed by atoms with Crippen molar-refractivity contribution in [1.82, 2.24) is 9.88 Å². The molecule has 0 bridgehead atoms. The van der Waals surface area contributed by atoms with Crippen molar-refractivity contribution in [3.8, 4) is 0 Å². The Hall–Kier alpha value is -1.00. The van der Waals surface area contributed by atoms with Crippen LogP contribution in [0.1, 0.15) is 42.2 Å². The van der Waals surface area contributed by atoms with E-state index < -0.39 is 6.10 Å². The first-order chi connectivity index (χ1) is 8.65. The number of amides is 1. The smallest absolute Gasteiger partial charge is 0.268 e. The Morgan fingerprint density at radius 1 is 1.50 bits per heavy atom. The van der Waals surface area contributed by atoms with Crippen molar-refractivity contribution in [1.29, 1.82) is 0 Å². The Balaban J connectivity index is 1.63. The standard InChI is InChI=1S/C13H17ClN2O2/c14-9-5-11(16(7-9)10-3-4-10)13(18)15-6-12(17)8-1-2-8/h5,7-8,10,12,17H,1-4,6H2,(H,15,18). The third-order valence-electron chi connectivity index (χ3n) is 3.63. The van der Waals surface area contributed by atoms with Crippen molar-refractivity contribution in [2.75, 3.05) is 6.54 Å².